The number of benzene rings is 1. The Labute approximate surface area is 271 Å². The normalized spacial score (nSPS) is 24.5. The number of urea groups is 1. The van der Waals surface area contributed by atoms with E-state index in [1.807, 2.05) is 25.7 Å². The maximum Gasteiger partial charge on any atom is 0.318 e. The van der Waals surface area contributed by atoms with E-state index in [2.05, 4.69) is 44.1 Å². The van der Waals surface area contributed by atoms with Gasteiger partial charge in [0.15, 0.2) is 5.82 Å². The van der Waals surface area contributed by atoms with Gasteiger partial charge in [0.05, 0.1) is 11.1 Å². The summed E-state index contributed by atoms with van der Waals surface area (Å²) in [5.41, 5.74) is 0.355. The van der Waals surface area contributed by atoms with Crippen LogP contribution >= 0.6 is 0 Å². The van der Waals surface area contributed by atoms with E-state index >= 15 is 0 Å². The van der Waals surface area contributed by atoms with Crippen LogP contribution in [0.2, 0.25) is 0 Å². The van der Waals surface area contributed by atoms with E-state index in [1.54, 1.807) is 4.90 Å². The number of anilines is 1. The molecular weight excluding hydrogens is 587 g/mol. The van der Waals surface area contributed by atoms with Crippen LogP contribution in [-0.4, -0.2) is 105 Å². The molecule has 2 aromatic rings. The molecule has 0 unspecified atom stereocenters. The molecule has 3 amide bonds. The van der Waals surface area contributed by atoms with E-state index in [-0.39, 0.29) is 52.2 Å². The smallest absolute Gasteiger partial charge is 0.318 e. The highest BCUT2D eigenvalue weighted by atomic mass is 19.1. The molecule has 4 heterocycles. The predicted octanol–water partition coefficient (Wildman–Crippen LogP) is 4.94. The number of hydrogen-bond donors (Lipinski definition) is 1. The molecule has 6 rings (SSSR count). The average Bonchev–Trinajstić information content (AvgIpc) is 3.34. The van der Waals surface area contributed by atoms with Gasteiger partial charge in [-0.05, 0) is 110 Å². The highest BCUT2D eigenvalue weighted by Gasteiger charge is 2.48. The van der Waals surface area contributed by atoms with Crippen molar-refractivity contribution in [1.82, 2.24) is 35.2 Å². The Balaban J connectivity index is 1.03. The molecule has 2 spiro atoms. The van der Waals surface area contributed by atoms with Crippen LogP contribution in [0.15, 0.2) is 24.5 Å². The molecule has 250 valence electrons. The van der Waals surface area contributed by atoms with Crippen LogP contribution in [0.3, 0.4) is 0 Å². The minimum absolute atomic E-state index is 0.0324. The Morgan fingerprint density at radius 1 is 1.11 bits per heavy atom. The third-order valence-electron chi connectivity index (χ3n) is 10.8. The first-order chi connectivity index (χ1) is 22.0. The molecule has 1 aromatic heterocycles. The van der Waals surface area contributed by atoms with Gasteiger partial charge < -0.3 is 29.7 Å². The van der Waals surface area contributed by atoms with Crippen LogP contribution in [0.5, 0.6) is 11.6 Å². The minimum Gasteiger partial charge on any atom is -0.434 e. The van der Waals surface area contributed by atoms with Gasteiger partial charge in [-0.25, -0.2) is 14.2 Å². The number of aromatic nitrogens is 3. The van der Waals surface area contributed by atoms with Crippen LogP contribution in [0.25, 0.3) is 0 Å². The number of ether oxygens (including phenoxy) is 1. The lowest BCUT2D eigenvalue weighted by Crippen LogP contribution is -2.61. The average molecular weight is 637 g/mol. The highest BCUT2D eigenvalue weighted by Crippen LogP contribution is 2.45. The molecule has 3 aliphatic heterocycles. The molecule has 4 aliphatic rings. The summed E-state index contributed by atoms with van der Waals surface area (Å²) < 4.78 is 20.4. The van der Waals surface area contributed by atoms with Crippen molar-refractivity contribution in [2.24, 2.45) is 11.3 Å². The van der Waals surface area contributed by atoms with Crippen LogP contribution in [0.1, 0.15) is 83.5 Å². The maximum atomic E-state index is 14.3. The van der Waals surface area contributed by atoms with Crippen molar-refractivity contribution in [2.45, 2.75) is 90.8 Å². The molecular formula is C34H49FN8O3. The SMILES string of the molecule is CCN(C(=O)c1cc(F)ccc1Oc1nncnc1N1CC2(CCN(CC3CCC4(CC3)CN(C(C)C)C(=O)N4)CC2)C1)C(C)C. The number of carbonyl (C=O) groups is 2. The number of piperidine rings is 1. The van der Waals surface area contributed by atoms with E-state index in [0.29, 0.717) is 18.3 Å². The lowest BCUT2D eigenvalue weighted by molar-refractivity contribution is 0.0581. The molecule has 0 radical (unpaired) electrons. The third kappa shape index (κ3) is 6.50. The number of likely N-dealkylation sites (tertiary alicyclic amines) is 1. The van der Waals surface area contributed by atoms with Gasteiger partial charge in [-0.2, -0.15) is 0 Å². The van der Waals surface area contributed by atoms with Crippen molar-refractivity contribution >= 4 is 17.8 Å². The van der Waals surface area contributed by atoms with Gasteiger partial charge in [-0.1, -0.05) is 0 Å². The summed E-state index contributed by atoms with van der Waals surface area (Å²) in [6.45, 7) is 16.3. The van der Waals surface area contributed by atoms with Gasteiger partial charge in [-0.15, -0.1) is 10.2 Å². The standard InChI is InChI=1S/C34H49FN8O3/c1-6-42(23(2)3)31(44)27-17-26(35)7-8-28(27)46-30-29(36-22-37-39-30)41-19-33(20-41)13-15-40(16-14-33)18-25-9-11-34(12-10-25)21-43(24(4)5)32(45)38-34/h7-8,17,22-25H,6,9-16,18-21H2,1-5H3,(H,38,45). The number of halogens is 1. The first-order valence-electron chi connectivity index (χ1n) is 17.0. The van der Waals surface area contributed by atoms with E-state index in [0.717, 1.165) is 65.0 Å². The summed E-state index contributed by atoms with van der Waals surface area (Å²) >= 11 is 0. The van der Waals surface area contributed by atoms with Crippen LogP contribution in [-0.2, 0) is 0 Å². The van der Waals surface area contributed by atoms with E-state index in [1.165, 1.54) is 37.4 Å². The summed E-state index contributed by atoms with van der Waals surface area (Å²) in [5, 5.41) is 11.5. The van der Waals surface area contributed by atoms with Crippen molar-refractivity contribution in [3.05, 3.63) is 35.9 Å². The molecule has 11 nitrogen and oxygen atoms in total. The van der Waals surface area contributed by atoms with Gasteiger partial charge in [0, 0.05) is 50.2 Å². The Bertz CT molecular complexity index is 1410. The molecule has 3 saturated heterocycles. The first-order valence-corrected chi connectivity index (χ1v) is 17.0. The van der Waals surface area contributed by atoms with Crippen LogP contribution in [0.4, 0.5) is 15.0 Å². The maximum absolute atomic E-state index is 14.3. The second-order valence-corrected chi connectivity index (χ2v) is 14.5. The summed E-state index contributed by atoms with van der Waals surface area (Å²) in [4.78, 5) is 38.7. The largest absolute Gasteiger partial charge is 0.434 e. The Morgan fingerprint density at radius 2 is 1.83 bits per heavy atom. The van der Waals surface area contributed by atoms with Gasteiger partial charge in [0.2, 0.25) is 0 Å². The minimum atomic E-state index is -0.503. The predicted molar refractivity (Wildman–Crippen MR) is 174 cm³/mol. The molecule has 0 atom stereocenters. The monoisotopic (exact) mass is 636 g/mol. The molecule has 4 fully saturated rings. The number of rotatable bonds is 9. The molecule has 12 heteroatoms. The number of amides is 3. The Morgan fingerprint density at radius 3 is 2.46 bits per heavy atom. The van der Waals surface area contributed by atoms with Crippen molar-refractivity contribution < 1.29 is 18.7 Å². The number of hydrogen-bond acceptors (Lipinski definition) is 8. The van der Waals surface area contributed by atoms with Crippen molar-refractivity contribution in [2.75, 3.05) is 50.7 Å². The fourth-order valence-corrected chi connectivity index (χ4v) is 7.96. The molecule has 1 aromatic carbocycles. The summed E-state index contributed by atoms with van der Waals surface area (Å²) in [5.74, 6) is 0.926. The Hall–Kier alpha value is -3.54. The third-order valence-corrected chi connectivity index (χ3v) is 10.8. The summed E-state index contributed by atoms with van der Waals surface area (Å²) in [6.07, 6.45) is 8.15. The first kappa shape index (κ1) is 32.4. The van der Waals surface area contributed by atoms with Gasteiger partial charge in [-0.3, -0.25) is 4.79 Å². The summed E-state index contributed by atoms with van der Waals surface area (Å²) in [6, 6.07) is 4.27. The van der Waals surface area contributed by atoms with Crippen molar-refractivity contribution in [3.63, 3.8) is 0 Å². The molecule has 1 aliphatic carbocycles. The van der Waals surface area contributed by atoms with E-state index in [4.69, 9.17) is 4.74 Å². The quantitative estimate of drug-likeness (QED) is 0.413. The lowest BCUT2D eigenvalue weighted by Gasteiger charge is -2.54. The zero-order valence-corrected chi connectivity index (χ0v) is 28.0. The number of nitrogens with zero attached hydrogens (tertiary/aromatic N) is 7. The van der Waals surface area contributed by atoms with Crippen LogP contribution in [0, 0.1) is 17.2 Å². The highest BCUT2D eigenvalue weighted by molar-refractivity contribution is 5.97. The fourth-order valence-electron chi connectivity index (χ4n) is 7.96. The van der Waals surface area contributed by atoms with Crippen molar-refractivity contribution in [1.29, 1.82) is 0 Å². The number of carbonyl (C=O) groups excluding carboxylic acids is 2. The second kappa shape index (κ2) is 12.9. The van der Waals surface area contributed by atoms with Gasteiger partial charge in [0.25, 0.3) is 11.8 Å². The van der Waals surface area contributed by atoms with Gasteiger partial charge >= 0.3 is 6.03 Å². The summed E-state index contributed by atoms with van der Waals surface area (Å²) in [7, 11) is 0. The zero-order valence-electron chi connectivity index (χ0n) is 28.0. The number of nitrogens with one attached hydrogen (secondary N) is 1. The Kier molecular flexibility index (Phi) is 9.11. The van der Waals surface area contributed by atoms with E-state index in [9.17, 15) is 14.0 Å². The molecule has 1 N–H and O–H groups in total. The molecule has 1 saturated carbocycles. The zero-order chi connectivity index (χ0) is 32.6. The topological polar surface area (TPSA) is 107 Å². The van der Waals surface area contributed by atoms with Crippen LogP contribution < -0.4 is 15.0 Å². The molecule has 0 bridgehead atoms. The van der Waals surface area contributed by atoms with E-state index < -0.39 is 5.82 Å². The molecule has 46 heavy (non-hydrogen) atoms. The van der Waals surface area contributed by atoms with Gasteiger partial charge in [0.1, 0.15) is 17.9 Å². The fraction of sp³-hybridized carbons (Fsp3) is 0.676. The second-order valence-electron chi connectivity index (χ2n) is 14.5. The lowest BCUT2D eigenvalue weighted by atomic mass is 9.71. The van der Waals surface area contributed by atoms with Crippen molar-refractivity contribution in [3.8, 4) is 11.6 Å².